The number of aryl methyl sites for hydroxylation is 1. The molecule has 0 saturated heterocycles. The lowest BCUT2D eigenvalue weighted by Crippen LogP contribution is -1.94. The van der Waals surface area contributed by atoms with E-state index in [1.165, 1.54) is 18.4 Å². The van der Waals surface area contributed by atoms with E-state index in [1.807, 2.05) is 13.1 Å². The van der Waals surface area contributed by atoms with Gasteiger partial charge in [0.25, 0.3) is 5.19 Å². The van der Waals surface area contributed by atoms with Gasteiger partial charge >= 0.3 is 0 Å². The lowest BCUT2D eigenvalue weighted by molar-refractivity contribution is 0.112. The molecule has 0 bridgehead atoms. The normalized spacial score (nSPS) is 10.3. The summed E-state index contributed by atoms with van der Waals surface area (Å²) < 4.78 is 6.69. The van der Waals surface area contributed by atoms with Crippen LogP contribution in [0.5, 0.6) is 5.19 Å². The zero-order valence-electron chi connectivity index (χ0n) is 8.30. The van der Waals surface area contributed by atoms with E-state index >= 15 is 0 Å². The Morgan fingerprint density at radius 3 is 2.93 bits per heavy atom. The van der Waals surface area contributed by atoms with Crippen molar-refractivity contribution in [3.05, 3.63) is 23.1 Å². The highest BCUT2D eigenvalue weighted by Crippen LogP contribution is 2.25. The molecule has 78 valence electrons. The summed E-state index contributed by atoms with van der Waals surface area (Å²) in [6.45, 7) is 1.88. The van der Waals surface area contributed by atoms with Gasteiger partial charge in [-0.3, -0.25) is 9.36 Å². The molecule has 0 aliphatic rings. The number of carbonyl (C=O) groups is 1. The number of rotatable bonds is 3. The molecule has 0 atom stereocenters. The average molecular weight is 223 g/mol. The molecule has 0 spiro atoms. The number of aldehydes is 1. The molecule has 0 saturated carbocycles. The number of imidazole rings is 1. The first-order valence-corrected chi connectivity index (χ1v) is 5.07. The summed E-state index contributed by atoms with van der Waals surface area (Å²) in [5.74, 6) is 0.562. The van der Waals surface area contributed by atoms with E-state index in [-0.39, 0.29) is 0 Å². The second kappa shape index (κ2) is 3.82. The molecular weight excluding hydrogens is 214 g/mol. The molecule has 5 nitrogen and oxygen atoms in total. The number of thiazole rings is 1. The molecule has 0 N–H and O–H groups in total. The molecule has 0 radical (unpaired) electrons. The van der Waals surface area contributed by atoms with Gasteiger partial charge in [0.15, 0.2) is 12.1 Å². The summed E-state index contributed by atoms with van der Waals surface area (Å²) in [5, 5.41) is 0.471. The molecule has 0 fully saturated rings. The minimum Gasteiger partial charge on any atom is -0.473 e. The Morgan fingerprint density at radius 1 is 1.60 bits per heavy atom. The third-order valence-electron chi connectivity index (χ3n) is 1.85. The Bertz CT molecular complexity index is 489. The molecule has 2 aromatic rings. The molecule has 2 heterocycles. The Kier molecular flexibility index (Phi) is 2.51. The summed E-state index contributed by atoms with van der Waals surface area (Å²) in [5.41, 5.74) is 0.874. The van der Waals surface area contributed by atoms with Crippen molar-refractivity contribution < 1.29 is 9.53 Å². The molecule has 0 amide bonds. The van der Waals surface area contributed by atoms with Crippen LogP contribution in [0.1, 0.15) is 15.4 Å². The van der Waals surface area contributed by atoms with E-state index in [0.29, 0.717) is 15.9 Å². The maximum Gasteiger partial charge on any atom is 0.275 e. The van der Waals surface area contributed by atoms with Crippen LogP contribution in [-0.4, -0.2) is 27.9 Å². The lowest BCUT2D eigenvalue weighted by atomic mass is 10.5. The van der Waals surface area contributed by atoms with Crippen molar-refractivity contribution in [2.75, 3.05) is 7.11 Å². The average Bonchev–Trinajstić information content (AvgIpc) is 2.82. The summed E-state index contributed by atoms with van der Waals surface area (Å²) in [6.07, 6.45) is 4.20. The highest BCUT2D eigenvalue weighted by atomic mass is 32.1. The van der Waals surface area contributed by atoms with E-state index in [2.05, 4.69) is 9.97 Å². The number of aromatic nitrogens is 3. The van der Waals surface area contributed by atoms with E-state index < -0.39 is 0 Å². The second-order valence-electron chi connectivity index (χ2n) is 2.91. The molecule has 0 aliphatic heterocycles. The predicted molar refractivity (Wildman–Crippen MR) is 55.9 cm³/mol. The molecular formula is C9H9N3O2S. The maximum atomic E-state index is 10.8. The molecule has 0 aliphatic carbocycles. The number of methoxy groups -OCH3 is 1. The summed E-state index contributed by atoms with van der Waals surface area (Å²) >= 11 is 1.21. The van der Waals surface area contributed by atoms with Crippen molar-refractivity contribution >= 4 is 17.6 Å². The molecule has 0 aromatic carbocycles. The van der Waals surface area contributed by atoms with Crippen LogP contribution in [0.3, 0.4) is 0 Å². The van der Waals surface area contributed by atoms with Crippen molar-refractivity contribution in [3.8, 4) is 11.0 Å². The summed E-state index contributed by atoms with van der Waals surface area (Å²) in [7, 11) is 1.52. The van der Waals surface area contributed by atoms with Crippen LogP contribution >= 0.6 is 11.3 Å². The Balaban J connectivity index is 2.51. The molecule has 15 heavy (non-hydrogen) atoms. The van der Waals surface area contributed by atoms with Crippen molar-refractivity contribution in [1.82, 2.24) is 14.5 Å². The summed E-state index contributed by atoms with van der Waals surface area (Å²) in [6, 6.07) is 0. The third-order valence-corrected chi connectivity index (χ3v) is 2.78. The quantitative estimate of drug-likeness (QED) is 0.739. The van der Waals surface area contributed by atoms with Crippen molar-refractivity contribution in [2.24, 2.45) is 0 Å². The van der Waals surface area contributed by atoms with Crippen LogP contribution in [0.15, 0.2) is 12.5 Å². The highest BCUT2D eigenvalue weighted by Gasteiger charge is 2.12. The largest absolute Gasteiger partial charge is 0.473 e. The van der Waals surface area contributed by atoms with E-state index in [9.17, 15) is 4.79 Å². The second-order valence-corrected chi connectivity index (χ2v) is 3.91. The number of ether oxygens (including phenoxy) is 1. The van der Waals surface area contributed by atoms with Gasteiger partial charge < -0.3 is 4.74 Å². The van der Waals surface area contributed by atoms with Crippen LogP contribution in [0.4, 0.5) is 0 Å². The van der Waals surface area contributed by atoms with E-state index in [4.69, 9.17) is 4.74 Å². The first-order chi connectivity index (χ1) is 7.24. The van der Waals surface area contributed by atoms with Gasteiger partial charge in [-0.15, -0.1) is 0 Å². The van der Waals surface area contributed by atoms with Crippen LogP contribution < -0.4 is 4.74 Å². The van der Waals surface area contributed by atoms with Crippen LogP contribution in [0.2, 0.25) is 0 Å². The Morgan fingerprint density at radius 2 is 2.40 bits per heavy atom. The first kappa shape index (κ1) is 9.85. The number of carbonyl (C=O) groups excluding carboxylic acids is 1. The monoisotopic (exact) mass is 223 g/mol. The maximum absolute atomic E-state index is 10.8. The van der Waals surface area contributed by atoms with Crippen molar-refractivity contribution in [3.63, 3.8) is 0 Å². The molecule has 2 rings (SSSR count). The van der Waals surface area contributed by atoms with E-state index in [1.54, 1.807) is 10.9 Å². The third kappa shape index (κ3) is 1.75. The van der Waals surface area contributed by atoms with Crippen LogP contribution in [0.25, 0.3) is 5.82 Å². The fourth-order valence-corrected chi connectivity index (χ4v) is 1.88. The topological polar surface area (TPSA) is 57.0 Å². The standard InChI is InChI=1S/C9H9N3O2S/c1-6-3-12(5-10-6)8-7(4-13)15-9(11-8)14-2/h3-5H,1-2H3. The zero-order valence-corrected chi connectivity index (χ0v) is 9.11. The van der Waals surface area contributed by atoms with Gasteiger partial charge in [-0.25, -0.2) is 4.98 Å². The minimum absolute atomic E-state index is 0.471. The fraction of sp³-hybridized carbons (Fsp3) is 0.222. The van der Waals surface area contributed by atoms with E-state index in [0.717, 1.165) is 12.0 Å². The van der Waals surface area contributed by atoms with Crippen LogP contribution in [-0.2, 0) is 0 Å². The van der Waals surface area contributed by atoms with Gasteiger partial charge in [0.2, 0.25) is 0 Å². The lowest BCUT2D eigenvalue weighted by Gasteiger charge is -1.95. The van der Waals surface area contributed by atoms with Gasteiger partial charge in [-0.05, 0) is 6.92 Å². The fourth-order valence-electron chi connectivity index (χ4n) is 1.19. The predicted octanol–water partition coefficient (Wildman–Crippen LogP) is 1.46. The molecule has 6 heteroatoms. The number of hydrogen-bond acceptors (Lipinski definition) is 5. The van der Waals surface area contributed by atoms with Gasteiger partial charge in [0.1, 0.15) is 11.2 Å². The number of nitrogens with zero attached hydrogens (tertiary/aromatic N) is 3. The first-order valence-electron chi connectivity index (χ1n) is 4.25. The van der Waals surface area contributed by atoms with Gasteiger partial charge in [0.05, 0.1) is 12.8 Å². The Hall–Kier alpha value is -1.69. The number of hydrogen-bond donors (Lipinski definition) is 0. The SMILES string of the molecule is COc1nc(-n2cnc(C)c2)c(C=O)s1. The summed E-state index contributed by atoms with van der Waals surface area (Å²) in [4.78, 5) is 19.6. The zero-order chi connectivity index (χ0) is 10.8. The van der Waals surface area contributed by atoms with Gasteiger partial charge in [-0.2, -0.15) is 4.98 Å². The van der Waals surface area contributed by atoms with Crippen LogP contribution in [0, 0.1) is 6.92 Å². The van der Waals surface area contributed by atoms with Crippen molar-refractivity contribution in [2.45, 2.75) is 6.92 Å². The Labute approximate surface area is 90.4 Å². The molecule has 2 aromatic heterocycles. The minimum atomic E-state index is 0.471. The molecule has 0 unspecified atom stereocenters. The highest BCUT2D eigenvalue weighted by molar-refractivity contribution is 7.15. The van der Waals surface area contributed by atoms with Gasteiger partial charge in [0, 0.05) is 6.20 Å². The van der Waals surface area contributed by atoms with Crippen molar-refractivity contribution in [1.29, 1.82) is 0 Å². The smallest absolute Gasteiger partial charge is 0.275 e. The van der Waals surface area contributed by atoms with Gasteiger partial charge in [-0.1, -0.05) is 11.3 Å².